The van der Waals surface area contributed by atoms with Crippen molar-refractivity contribution in [2.45, 2.75) is 6.54 Å². The third-order valence-corrected chi connectivity index (χ3v) is 4.59. The second-order valence-electron chi connectivity index (χ2n) is 5.25. The summed E-state index contributed by atoms with van der Waals surface area (Å²) in [6, 6.07) is 26.0. The lowest BCUT2D eigenvalue weighted by atomic mass is 10.2. The quantitative estimate of drug-likeness (QED) is 0.406. The van der Waals surface area contributed by atoms with Crippen LogP contribution >= 0.6 is 22.6 Å². The molecule has 0 saturated carbocycles. The molecule has 0 atom stereocenters. The lowest BCUT2D eigenvalue weighted by Gasteiger charge is -2.07. The molecule has 1 nitrogen and oxygen atoms in total. The zero-order valence-corrected chi connectivity index (χ0v) is 13.6. The van der Waals surface area contributed by atoms with Crippen LogP contribution in [0.15, 0.2) is 72.8 Å². The molecular weight excluding hydrogens is 369 g/mol. The summed E-state index contributed by atoms with van der Waals surface area (Å²) in [6.07, 6.45) is 0. The van der Waals surface area contributed by atoms with Gasteiger partial charge in [-0.05, 0) is 52.4 Å². The van der Waals surface area contributed by atoms with E-state index in [0.29, 0.717) is 0 Å². The van der Waals surface area contributed by atoms with E-state index in [0.717, 1.165) is 6.54 Å². The van der Waals surface area contributed by atoms with Gasteiger partial charge in [-0.15, -0.1) is 0 Å². The number of hydrogen-bond donors (Lipinski definition) is 0. The second kappa shape index (κ2) is 5.19. The first kappa shape index (κ1) is 12.9. The Morgan fingerprint density at radius 1 is 0.714 bits per heavy atom. The lowest BCUT2D eigenvalue weighted by molar-refractivity contribution is 0.869. The van der Waals surface area contributed by atoms with Crippen LogP contribution in [-0.4, -0.2) is 4.57 Å². The Balaban J connectivity index is 2.01. The van der Waals surface area contributed by atoms with Crippen molar-refractivity contribution >= 4 is 44.4 Å². The van der Waals surface area contributed by atoms with Crippen LogP contribution in [0.3, 0.4) is 0 Å². The van der Waals surface area contributed by atoms with E-state index in [4.69, 9.17) is 0 Å². The van der Waals surface area contributed by atoms with Crippen molar-refractivity contribution in [1.82, 2.24) is 4.57 Å². The topological polar surface area (TPSA) is 4.93 Å². The molecule has 0 saturated heterocycles. The summed E-state index contributed by atoms with van der Waals surface area (Å²) >= 11 is 2.38. The van der Waals surface area contributed by atoms with Gasteiger partial charge in [0.1, 0.15) is 0 Å². The molecule has 0 N–H and O–H groups in total. The molecule has 0 spiro atoms. The summed E-state index contributed by atoms with van der Waals surface area (Å²) in [4.78, 5) is 0. The van der Waals surface area contributed by atoms with Gasteiger partial charge >= 0.3 is 0 Å². The number of para-hydroxylation sites is 1. The van der Waals surface area contributed by atoms with Gasteiger partial charge in [-0.25, -0.2) is 0 Å². The van der Waals surface area contributed by atoms with Crippen molar-refractivity contribution in [1.29, 1.82) is 0 Å². The van der Waals surface area contributed by atoms with Crippen LogP contribution in [0.25, 0.3) is 21.8 Å². The van der Waals surface area contributed by atoms with Gasteiger partial charge in [0.25, 0.3) is 0 Å². The molecule has 1 aromatic heterocycles. The minimum atomic E-state index is 0.908. The summed E-state index contributed by atoms with van der Waals surface area (Å²) in [7, 11) is 0. The molecule has 2 heteroatoms. The zero-order valence-electron chi connectivity index (χ0n) is 11.5. The van der Waals surface area contributed by atoms with E-state index in [1.807, 2.05) is 0 Å². The number of hydrogen-bond acceptors (Lipinski definition) is 0. The summed E-state index contributed by atoms with van der Waals surface area (Å²) in [5, 5.41) is 2.68. The molecule has 102 valence electrons. The first-order valence-corrected chi connectivity index (χ1v) is 8.11. The maximum atomic E-state index is 2.41. The highest BCUT2D eigenvalue weighted by molar-refractivity contribution is 14.1. The molecule has 0 unspecified atom stereocenters. The van der Waals surface area contributed by atoms with Crippen molar-refractivity contribution in [2.24, 2.45) is 0 Å². The van der Waals surface area contributed by atoms with Gasteiger partial charge in [0.2, 0.25) is 0 Å². The van der Waals surface area contributed by atoms with E-state index in [9.17, 15) is 0 Å². The Kier molecular flexibility index (Phi) is 3.19. The van der Waals surface area contributed by atoms with Gasteiger partial charge in [-0.1, -0.05) is 48.5 Å². The standard InChI is InChI=1S/C19H14IN/c20-15-10-11-19-17(12-15)16-8-4-5-9-18(16)21(19)13-14-6-2-1-3-7-14/h1-12H,13H2. The van der Waals surface area contributed by atoms with Crippen LogP contribution < -0.4 is 0 Å². The third kappa shape index (κ3) is 2.23. The SMILES string of the molecule is Ic1ccc2c(c1)c1ccccc1n2Cc1ccccc1. The molecule has 0 amide bonds. The molecule has 4 aromatic rings. The number of fused-ring (bicyclic) bond motifs is 3. The van der Waals surface area contributed by atoms with E-state index in [2.05, 4.69) is 100.0 Å². The molecule has 3 aromatic carbocycles. The first-order valence-electron chi connectivity index (χ1n) is 7.03. The van der Waals surface area contributed by atoms with E-state index in [-0.39, 0.29) is 0 Å². The lowest BCUT2D eigenvalue weighted by Crippen LogP contribution is -1.98. The average molecular weight is 383 g/mol. The van der Waals surface area contributed by atoms with Gasteiger partial charge in [-0.2, -0.15) is 0 Å². The highest BCUT2D eigenvalue weighted by Crippen LogP contribution is 2.30. The molecule has 0 bridgehead atoms. The third-order valence-electron chi connectivity index (χ3n) is 3.92. The predicted molar refractivity (Wildman–Crippen MR) is 97.7 cm³/mol. The molecule has 21 heavy (non-hydrogen) atoms. The molecule has 0 aliphatic carbocycles. The molecular formula is C19H14IN. The Labute approximate surface area is 137 Å². The second-order valence-corrected chi connectivity index (χ2v) is 6.50. The predicted octanol–water partition coefficient (Wildman–Crippen LogP) is 5.45. The van der Waals surface area contributed by atoms with Gasteiger partial charge in [0.15, 0.2) is 0 Å². The summed E-state index contributed by atoms with van der Waals surface area (Å²) in [5.41, 5.74) is 3.94. The number of nitrogens with zero attached hydrogens (tertiary/aromatic N) is 1. The maximum Gasteiger partial charge on any atom is 0.0495 e. The van der Waals surface area contributed by atoms with Gasteiger partial charge in [-0.3, -0.25) is 0 Å². The summed E-state index contributed by atoms with van der Waals surface area (Å²) in [5.74, 6) is 0. The van der Waals surface area contributed by atoms with Crippen LogP contribution in [0, 0.1) is 3.57 Å². The minimum absolute atomic E-state index is 0.908. The van der Waals surface area contributed by atoms with Crippen LogP contribution in [0.4, 0.5) is 0 Å². The molecule has 0 aliphatic heterocycles. The van der Waals surface area contributed by atoms with Crippen LogP contribution in [0.5, 0.6) is 0 Å². The van der Waals surface area contributed by atoms with Crippen molar-refractivity contribution in [3.8, 4) is 0 Å². The number of halogens is 1. The highest BCUT2D eigenvalue weighted by Gasteiger charge is 2.10. The Bertz CT molecular complexity index is 922. The number of aromatic nitrogens is 1. The Morgan fingerprint density at radius 3 is 2.29 bits per heavy atom. The van der Waals surface area contributed by atoms with E-state index < -0.39 is 0 Å². The van der Waals surface area contributed by atoms with Crippen LogP contribution in [0.2, 0.25) is 0 Å². The van der Waals surface area contributed by atoms with E-state index in [1.165, 1.54) is 30.9 Å². The minimum Gasteiger partial charge on any atom is -0.336 e. The first-order chi connectivity index (χ1) is 10.3. The van der Waals surface area contributed by atoms with E-state index >= 15 is 0 Å². The zero-order chi connectivity index (χ0) is 14.2. The number of rotatable bonds is 2. The Morgan fingerprint density at radius 2 is 1.43 bits per heavy atom. The summed E-state index contributed by atoms with van der Waals surface area (Å²) in [6.45, 7) is 0.908. The van der Waals surface area contributed by atoms with Crippen LogP contribution in [0.1, 0.15) is 5.56 Å². The Hall–Kier alpha value is -1.81. The molecule has 1 heterocycles. The average Bonchev–Trinajstić information content (AvgIpc) is 2.82. The fourth-order valence-corrected chi connectivity index (χ4v) is 3.45. The van der Waals surface area contributed by atoms with E-state index in [1.54, 1.807) is 0 Å². The van der Waals surface area contributed by atoms with Gasteiger partial charge in [0.05, 0.1) is 0 Å². The fourth-order valence-electron chi connectivity index (χ4n) is 2.96. The van der Waals surface area contributed by atoms with Crippen LogP contribution in [-0.2, 0) is 6.54 Å². The summed E-state index contributed by atoms with van der Waals surface area (Å²) < 4.78 is 3.69. The van der Waals surface area contributed by atoms with Gasteiger partial charge < -0.3 is 4.57 Å². The maximum absolute atomic E-state index is 2.41. The fraction of sp³-hybridized carbons (Fsp3) is 0.0526. The monoisotopic (exact) mass is 383 g/mol. The van der Waals surface area contributed by atoms with Crippen molar-refractivity contribution in [2.75, 3.05) is 0 Å². The van der Waals surface area contributed by atoms with Crippen molar-refractivity contribution in [3.63, 3.8) is 0 Å². The molecule has 4 rings (SSSR count). The molecule has 0 radical (unpaired) electrons. The molecule has 0 aliphatic rings. The normalized spacial score (nSPS) is 11.3. The van der Waals surface area contributed by atoms with Crippen molar-refractivity contribution in [3.05, 3.63) is 81.9 Å². The smallest absolute Gasteiger partial charge is 0.0495 e. The number of benzene rings is 3. The highest BCUT2D eigenvalue weighted by atomic mass is 127. The largest absolute Gasteiger partial charge is 0.336 e. The molecule has 0 fully saturated rings. The van der Waals surface area contributed by atoms with Gasteiger partial charge in [0, 0.05) is 31.9 Å². The van der Waals surface area contributed by atoms with Crippen molar-refractivity contribution < 1.29 is 0 Å².